The van der Waals surface area contributed by atoms with Crippen molar-refractivity contribution < 1.29 is 9.53 Å². The van der Waals surface area contributed by atoms with Crippen LogP contribution in [0, 0.1) is 5.92 Å². The van der Waals surface area contributed by atoms with E-state index in [2.05, 4.69) is 50.2 Å². The van der Waals surface area contributed by atoms with E-state index in [-0.39, 0.29) is 12.0 Å². The van der Waals surface area contributed by atoms with Crippen LogP contribution in [0.15, 0.2) is 54.6 Å². The summed E-state index contributed by atoms with van der Waals surface area (Å²) in [5.41, 5.74) is 3.66. The topological polar surface area (TPSA) is 29.5 Å². The summed E-state index contributed by atoms with van der Waals surface area (Å²) in [6.45, 7) is 6.70. The third-order valence-electron chi connectivity index (χ3n) is 5.15. The van der Waals surface area contributed by atoms with Crippen LogP contribution in [0.25, 0.3) is 0 Å². The van der Waals surface area contributed by atoms with E-state index >= 15 is 0 Å². The molecule has 2 aromatic rings. The number of hydrogen-bond donors (Lipinski definition) is 0. The Bertz CT molecular complexity index is 701. The number of piperidine rings is 1. The maximum Gasteiger partial charge on any atom is 0.226 e. The first-order valence-electron chi connectivity index (χ1n) is 10.1. The number of nitrogens with zero attached hydrogens (tertiary/aromatic N) is 1. The standard InChI is InChI=1S/C24H31NO2/c1-19(2)16-20-8-10-21(11-9-20)17-24(26)25-14-12-23(13-15-25)27-18-22-6-4-3-5-7-22/h3-11,19,23H,12-18H2,1-2H3. The molecule has 1 heterocycles. The zero-order chi connectivity index (χ0) is 19.1. The average Bonchev–Trinajstić information content (AvgIpc) is 2.69. The fraction of sp³-hybridized carbons (Fsp3) is 0.458. The van der Waals surface area contributed by atoms with Crippen molar-refractivity contribution in [1.82, 2.24) is 4.90 Å². The largest absolute Gasteiger partial charge is 0.373 e. The van der Waals surface area contributed by atoms with Gasteiger partial charge in [0.2, 0.25) is 5.91 Å². The van der Waals surface area contributed by atoms with E-state index in [4.69, 9.17) is 4.74 Å². The Labute approximate surface area is 163 Å². The Balaban J connectivity index is 1.41. The Hall–Kier alpha value is -2.13. The Morgan fingerprint density at radius 1 is 0.963 bits per heavy atom. The van der Waals surface area contributed by atoms with Gasteiger partial charge in [-0.2, -0.15) is 0 Å². The van der Waals surface area contributed by atoms with Crippen molar-refractivity contribution in [3.63, 3.8) is 0 Å². The van der Waals surface area contributed by atoms with Gasteiger partial charge in [0.15, 0.2) is 0 Å². The average molecular weight is 366 g/mol. The molecule has 0 radical (unpaired) electrons. The summed E-state index contributed by atoms with van der Waals surface area (Å²) in [4.78, 5) is 14.6. The molecule has 0 aromatic heterocycles. The number of carbonyl (C=O) groups is 1. The van der Waals surface area contributed by atoms with Crippen molar-refractivity contribution in [2.24, 2.45) is 5.92 Å². The monoisotopic (exact) mass is 365 g/mol. The quantitative estimate of drug-likeness (QED) is 0.716. The van der Waals surface area contributed by atoms with Crippen molar-refractivity contribution in [3.05, 3.63) is 71.3 Å². The predicted octanol–water partition coefficient (Wildman–Crippen LogP) is 4.64. The van der Waals surface area contributed by atoms with E-state index in [1.165, 1.54) is 11.1 Å². The minimum absolute atomic E-state index is 0.230. The molecule has 1 aliphatic heterocycles. The van der Waals surface area contributed by atoms with Crippen LogP contribution >= 0.6 is 0 Å². The van der Waals surface area contributed by atoms with Crippen LogP contribution in [0.1, 0.15) is 43.4 Å². The molecule has 0 N–H and O–H groups in total. The molecule has 2 aromatic carbocycles. The highest BCUT2D eigenvalue weighted by atomic mass is 16.5. The number of carbonyl (C=O) groups excluding carboxylic acids is 1. The number of benzene rings is 2. The minimum Gasteiger partial charge on any atom is -0.373 e. The molecule has 0 spiro atoms. The number of ether oxygens (including phenoxy) is 1. The summed E-state index contributed by atoms with van der Waals surface area (Å²) < 4.78 is 6.02. The van der Waals surface area contributed by atoms with Gasteiger partial charge >= 0.3 is 0 Å². The van der Waals surface area contributed by atoms with Gasteiger partial charge in [-0.25, -0.2) is 0 Å². The minimum atomic E-state index is 0.230. The molecular weight excluding hydrogens is 334 g/mol. The van der Waals surface area contributed by atoms with Gasteiger partial charge in [-0.3, -0.25) is 4.79 Å². The lowest BCUT2D eigenvalue weighted by Gasteiger charge is -2.32. The van der Waals surface area contributed by atoms with Crippen LogP contribution in [0.4, 0.5) is 0 Å². The highest BCUT2D eigenvalue weighted by Gasteiger charge is 2.23. The van der Waals surface area contributed by atoms with Crippen LogP contribution in [0.2, 0.25) is 0 Å². The molecule has 27 heavy (non-hydrogen) atoms. The summed E-state index contributed by atoms with van der Waals surface area (Å²) >= 11 is 0. The Morgan fingerprint density at radius 3 is 2.22 bits per heavy atom. The highest BCUT2D eigenvalue weighted by molar-refractivity contribution is 5.78. The number of likely N-dealkylation sites (tertiary alicyclic amines) is 1. The second-order valence-corrected chi connectivity index (χ2v) is 7.97. The zero-order valence-corrected chi connectivity index (χ0v) is 16.6. The zero-order valence-electron chi connectivity index (χ0n) is 16.6. The third-order valence-corrected chi connectivity index (χ3v) is 5.15. The second kappa shape index (κ2) is 9.70. The summed E-state index contributed by atoms with van der Waals surface area (Å²) in [5.74, 6) is 0.885. The molecule has 0 unspecified atom stereocenters. The maximum atomic E-state index is 12.6. The van der Waals surface area contributed by atoms with Crippen LogP contribution < -0.4 is 0 Å². The van der Waals surface area contributed by atoms with Crippen LogP contribution in [0.3, 0.4) is 0 Å². The van der Waals surface area contributed by atoms with Gasteiger partial charge in [-0.15, -0.1) is 0 Å². The molecule has 1 amide bonds. The number of amides is 1. The number of rotatable bonds is 7. The van der Waals surface area contributed by atoms with E-state index in [9.17, 15) is 4.79 Å². The molecule has 0 bridgehead atoms. The molecule has 1 aliphatic rings. The van der Waals surface area contributed by atoms with Crippen molar-refractivity contribution in [1.29, 1.82) is 0 Å². The molecule has 0 saturated carbocycles. The van der Waals surface area contributed by atoms with Crippen LogP contribution in [-0.4, -0.2) is 30.0 Å². The summed E-state index contributed by atoms with van der Waals surface area (Å²) in [6.07, 6.45) is 3.68. The lowest BCUT2D eigenvalue weighted by molar-refractivity contribution is -0.133. The smallest absolute Gasteiger partial charge is 0.226 e. The van der Waals surface area contributed by atoms with E-state index in [0.29, 0.717) is 18.9 Å². The molecule has 3 rings (SSSR count). The van der Waals surface area contributed by atoms with Crippen molar-refractivity contribution >= 4 is 5.91 Å². The lowest BCUT2D eigenvalue weighted by atomic mass is 10.0. The van der Waals surface area contributed by atoms with E-state index < -0.39 is 0 Å². The van der Waals surface area contributed by atoms with Crippen molar-refractivity contribution in [2.75, 3.05) is 13.1 Å². The first kappa shape index (κ1) is 19.6. The summed E-state index contributed by atoms with van der Waals surface area (Å²) in [5, 5.41) is 0. The highest BCUT2D eigenvalue weighted by Crippen LogP contribution is 2.17. The van der Waals surface area contributed by atoms with Crippen LogP contribution in [0.5, 0.6) is 0 Å². The van der Waals surface area contributed by atoms with Gasteiger partial charge in [0.25, 0.3) is 0 Å². The molecule has 3 nitrogen and oxygen atoms in total. The van der Waals surface area contributed by atoms with E-state index in [0.717, 1.165) is 37.9 Å². The molecule has 1 fully saturated rings. The van der Waals surface area contributed by atoms with Crippen molar-refractivity contribution in [3.8, 4) is 0 Å². The van der Waals surface area contributed by atoms with E-state index in [1.807, 2.05) is 23.1 Å². The predicted molar refractivity (Wildman–Crippen MR) is 110 cm³/mol. The van der Waals surface area contributed by atoms with Gasteiger partial charge in [0.1, 0.15) is 0 Å². The number of hydrogen-bond acceptors (Lipinski definition) is 2. The first-order chi connectivity index (χ1) is 13.1. The molecule has 3 heteroatoms. The summed E-state index contributed by atoms with van der Waals surface area (Å²) in [7, 11) is 0. The third kappa shape index (κ3) is 6.21. The SMILES string of the molecule is CC(C)Cc1ccc(CC(=O)N2CCC(OCc3ccccc3)CC2)cc1. The Kier molecular flexibility index (Phi) is 7.05. The van der Waals surface area contributed by atoms with Gasteiger partial charge < -0.3 is 9.64 Å². The second-order valence-electron chi connectivity index (χ2n) is 7.97. The summed E-state index contributed by atoms with van der Waals surface area (Å²) in [6, 6.07) is 18.8. The van der Waals surface area contributed by atoms with Crippen molar-refractivity contribution in [2.45, 2.75) is 52.2 Å². The maximum absolute atomic E-state index is 12.6. The first-order valence-corrected chi connectivity index (χ1v) is 10.1. The van der Waals surface area contributed by atoms with Gasteiger partial charge in [-0.1, -0.05) is 68.4 Å². The molecule has 1 saturated heterocycles. The van der Waals surface area contributed by atoms with Gasteiger partial charge in [-0.05, 0) is 41.9 Å². The van der Waals surface area contributed by atoms with E-state index in [1.54, 1.807) is 0 Å². The fourth-order valence-corrected chi connectivity index (χ4v) is 3.61. The van der Waals surface area contributed by atoms with Gasteiger partial charge in [0, 0.05) is 13.1 Å². The van der Waals surface area contributed by atoms with Gasteiger partial charge in [0.05, 0.1) is 19.1 Å². The molecular formula is C24H31NO2. The van der Waals surface area contributed by atoms with Crippen LogP contribution in [-0.2, 0) is 29.0 Å². The fourth-order valence-electron chi connectivity index (χ4n) is 3.61. The Morgan fingerprint density at radius 2 is 1.59 bits per heavy atom. The lowest BCUT2D eigenvalue weighted by Crippen LogP contribution is -2.41. The molecule has 0 aliphatic carbocycles. The normalized spacial score (nSPS) is 15.3. The molecule has 0 atom stereocenters. The molecule has 144 valence electrons.